The Hall–Kier alpha value is -2.50. The minimum Gasteiger partial charge on any atom is -0.330 e. The quantitative estimate of drug-likeness (QED) is 0.542. The maximum atomic E-state index is 12.2. The minimum atomic E-state index is 0.152. The molecule has 5 heteroatoms. The summed E-state index contributed by atoms with van der Waals surface area (Å²) in [6, 6.07) is 14.3. The number of aromatic nitrogens is 2. The van der Waals surface area contributed by atoms with Crippen molar-refractivity contribution in [2.75, 3.05) is 6.54 Å². The molecular formula is C20H19N3OS. The van der Waals surface area contributed by atoms with Crippen LogP contribution in [0.1, 0.15) is 28.8 Å². The van der Waals surface area contributed by atoms with E-state index >= 15 is 0 Å². The highest BCUT2D eigenvalue weighted by Gasteiger charge is 2.12. The molecule has 2 heterocycles. The Kier molecular flexibility index (Phi) is 4.11. The van der Waals surface area contributed by atoms with E-state index in [2.05, 4.69) is 41.8 Å². The molecule has 0 aliphatic carbocycles. The summed E-state index contributed by atoms with van der Waals surface area (Å²) in [7, 11) is 0. The molecule has 0 bridgehead atoms. The maximum absolute atomic E-state index is 12.2. The zero-order valence-electron chi connectivity index (χ0n) is 14.0. The van der Waals surface area contributed by atoms with Gasteiger partial charge in [0.15, 0.2) is 10.7 Å². The van der Waals surface area contributed by atoms with Crippen molar-refractivity contribution in [3.63, 3.8) is 0 Å². The average Bonchev–Trinajstić information content (AvgIpc) is 3.17. The molecule has 0 aliphatic heterocycles. The molecule has 2 N–H and O–H groups in total. The maximum Gasteiger partial charge on any atom is 0.195 e. The van der Waals surface area contributed by atoms with E-state index in [0.717, 1.165) is 38.4 Å². The Morgan fingerprint density at radius 1 is 1.20 bits per heavy atom. The lowest BCUT2D eigenvalue weighted by molar-refractivity contribution is 0.0981. The summed E-state index contributed by atoms with van der Waals surface area (Å²) < 4.78 is 3.18. The lowest BCUT2D eigenvalue weighted by Crippen LogP contribution is -2.04. The van der Waals surface area contributed by atoms with E-state index < -0.39 is 0 Å². The lowest BCUT2D eigenvalue weighted by atomic mass is 10.1. The van der Waals surface area contributed by atoms with Crippen LogP contribution in [0.4, 0.5) is 0 Å². The number of carbonyl (C=O) groups is 1. The van der Waals surface area contributed by atoms with Crippen LogP contribution in [0.15, 0.2) is 48.7 Å². The van der Waals surface area contributed by atoms with E-state index in [-0.39, 0.29) is 5.78 Å². The number of nitrogens with zero attached hydrogens (tertiary/aromatic N) is 2. The molecule has 0 saturated heterocycles. The zero-order valence-corrected chi connectivity index (χ0v) is 14.8. The van der Waals surface area contributed by atoms with Crippen molar-refractivity contribution in [3.05, 3.63) is 59.8 Å². The van der Waals surface area contributed by atoms with Crippen LogP contribution in [0.25, 0.3) is 26.4 Å². The van der Waals surface area contributed by atoms with Crippen LogP contribution >= 0.6 is 11.3 Å². The number of imidazole rings is 1. The van der Waals surface area contributed by atoms with Gasteiger partial charge in [0.25, 0.3) is 0 Å². The molecule has 0 fully saturated rings. The molecule has 126 valence electrons. The summed E-state index contributed by atoms with van der Waals surface area (Å²) in [5, 5.41) is 0. The standard InChI is InChI=1S/C20H19N3OS/c1-13-4-6-14(7-5-13)16-12-23-17-9-8-15(18(24)3-2-10-21)11-19(17)25-20(23)22-16/h4-9,11-12H,2-3,10,21H2,1H3. The summed E-state index contributed by atoms with van der Waals surface area (Å²) in [5.41, 5.74) is 10.7. The third kappa shape index (κ3) is 2.97. The molecule has 4 aromatic rings. The second-order valence-electron chi connectivity index (χ2n) is 6.24. The first-order valence-corrected chi connectivity index (χ1v) is 9.19. The van der Waals surface area contributed by atoms with Gasteiger partial charge in [-0.15, -0.1) is 0 Å². The molecule has 0 aliphatic rings. The lowest BCUT2D eigenvalue weighted by Gasteiger charge is -2.00. The van der Waals surface area contributed by atoms with E-state index in [4.69, 9.17) is 10.7 Å². The van der Waals surface area contributed by atoms with Crippen LogP contribution in [0, 0.1) is 6.92 Å². The average molecular weight is 349 g/mol. The second kappa shape index (κ2) is 6.43. The molecular weight excluding hydrogens is 330 g/mol. The molecule has 0 unspecified atom stereocenters. The van der Waals surface area contributed by atoms with Crippen molar-refractivity contribution in [2.24, 2.45) is 5.73 Å². The van der Waals surface area contributed by atoms with Gasteiger partial charge in [0.05, 0.1) is 15.9 Å². The number of hydrogen-bond acceptors (Lipinski definition) is 4. The summed E-state index contributed by atoms with van der Waals surface area (Å²) in [6.45, 7) is 2.62. The molecule has 2 aromatic carbocycles. The van der Waals surface area contributed by atoms with Crippen LogP contribution in [-0.2, 0) is 0 Å². The van der Waals surface area contributed by atoms with E-state index in [1.165, 1.54) is 5.56 Å². The van der Waals surface area contributed by atoms with Gasteiger partial charge in [-0.05, 0) is 38.1 Å². The number of fused-ring (bicyclic) bond motifs is 3. The number of carbonyl (C=O) groups excluding carboxylic acids is 1. The van der Waals surface area contributed by atoms with E-state index in [9.17, 15) is 4.79 Å². The van der Waals surface area contributed by atoms with Crippen LogP contribution in [0.2, 0.25) is 0 Å². The Labute approximate surface area is 149 Å². The fourth-order valence-corrected chi connectivity index (χ4v) is 3.99. The second-order valence-corrected chi connectivity index (χ2v) is 7.25. The van der Waals surface area contributed by atoms with Crippen molar-refractivity contribution >= 4 is 32.3 Å². The number of benzene rings is 2. The molecule has 25 heavy (non-hydrogen) atoms. The predicted octanol–water partition coefficient (Wildman–Crippen LogP) is 4.45. The van der Waals surface area contributed by atoms with Crippen molar-refractivity contribution in [2.45, 2.75) is 19.8 Å². The van der Waals surface area contributed by atoms with Crippen LogP contribution in [0.3, 0.4) is 0 Å². The highest BCUT2D eigenvalue weighted by molar-refractivity contribution is 7.23. The summed E-state index contributed by atoms with van der Waals surface area (Å²) in [5.74, 6) is 0.152. The van der Waals surface area contributed by atoms with Crippen molar-refractivity contribution in [1.29, 1.82) is 0 Å². The number of hydrogen-bond donors (Lipinski definition) is 1. The molecule has 4 rings (SSSR count). The fraction of sp³-hybridized carbons (Fsp3) is 0.200. The molecule has 0 atom stereocenters. The van der Waals surface area contributed by atoms with E-state index in [0.29, 0.717) is 13.0 Å². The van der Waals surface area contributed by atoms with Crippen molar-refractivity contribution in [3.8, 4) is 11.3 Å². The first-order valence-electron chi connectivity index (χ1n) is 8.37. The third-order valence-corrected chi connectivity index (χ3v) is 5.39. The smallest absolute Gasteiger partial charge is 0.195 e. The van der Waals surface area contributed by atoms with Crippen LogP contribution in [0.5, 0.6) is 0 Å². The van der Waals surface area contributed by atoms with Gasteiger partial charge >= 0.3 is 0 Å². The Balaban J connectivity index is 1.72. The van der Waals surface area contributed by atoms with Gasteiger partial charge in [-0.2, -0.15) is 0 Å². The van der Waals surface area contributed by atoms with Gasteiger partial charge in [-0.25, -0.2) is 4.98 Å². The highest BCUT2D eigenvalue weighted by Crippen LogP contribution is 2.30. The topological polar surface area (TPSA) is 60.4 Å². The van der Waals surface area contributed by atoms with Gasteiger partial charge in [0, 0.05) is 23.7 Å². The molecule has 0 saturated carbocycles. The normalized spacial score (nSPS) is 11.4. The number of Topliss-reactive ketones (excluding diaryl/α,β-unsaturated/α-hetero) is 1. The van der Waals surface area contributed by atoms with Crippen molar-refractivity contribution in [1.82, 2.24) is 9.38 Å². The summed E-state index contributed by atoms with van der Waals surface area (Å²) in [4.78, 5) is 17.9. The Morgan fingerprint density at radius 2 is 2.00 bits per heavy atom. The first-order chi connectivity index (χ1) is 12.2. The van der Waals surface area contributed by atoms with Crippen LogP contribution < -0.4 is 5.73 Å². The molecule has 4 nitrogen and oxygen atoms in total. The van der Waals surface area contributed by atoms with Gasteiger partial charge in [0.2, 0.25) is 0 Å². The molecule has 0 amide bonds. The molecule has 2 aromatic heterocycles. The molecule has 0 spiro atoms. The van der Waals surface area contributed by atoms with E-state index in [1.54, 1.807) is 11.3 Å². The largest absolute Gasteiger partial charge is 0.330 e. The summed E-state index contributed by atoms with van der Waals surface area (Å²) in [6.07, 6.45) is 3.29. The summed E-state index contributed by atoms with van der Waals surface area (Å²) >= 11 is 1.61. The third-order valence-electron chi connectivity index (χ3n) is 4.37. The Morgan fingerprint density at radius 3 is 2.76 bits per heavy atom. The Bertz CT molecular complexity index is 1060. The molecule has 0 radical (unpaired) electrons. The predicted molar refractivity (Wildman–Crippen MR) is 103 cm³/mol. The fourth-order valence-electron chi connectivity index (χ4n) is 2.94. The van der Waals surface area contributed by atoms with Gasteiger partial charge in [-0.3, -0.25) is 9.20 Å². The van der Waals surface area contributed by atoms with Gasteiger partial charge < -0.3 is 5.73 Å². The minimum absolute atomic E-state index is 0.152. The highest BCUT2D eigenvalue weighted by atomic mass is 32.1. The SMILES string of the molecule is Cc1ccc(-c2cn3c(n2)sc2cc(C(=O)CCCN)ccc23)cc1. The van der Waals surface area contributed by atoms with Crippen LogP contribution in [-0.4, -0.2) is 21.7 Å². The van der Waals surface area contributed by atoms with Gasteiger partial charge in [-0.1, -0.05) is 41.2 Å². The van der Waals surface area contributed by atoms with Crippen molar-refractivity contribution < 1.29 is 4.79 Å². The monoisotopic (exact) mass is 349 g/mol. The first kappa shape index (κ1) is 16.0. The number of rotatable bonds is 5. The number of nitrogens with two attached hydrogens (primary N) is 1. The number of aryl methyl sites for hydroxylation is 1. The number of thiazole rings is 1. The zero-order chi connectivity index (χ0) is 17.4. The van der Waals surface area contributed by atoms with E-state index in [1.807, 2.05) is 18.2 Å². The van der Waals surface area contributed by atoms with Gasteiger partial charge in [0.1, 0.15) is 0 Å². The number of ketones is 1.